The van der Waals surface area contributed by atoms with Gasteiger partial charge >= 0.3 is 0 Å². The van der Waals surface area contributed by atoms with E-state index in [1.165, 1.54) is 122 Å². The van der Waals surface area contributed by atoms with Crippen LogP contribution in [0, 0.1) is 0 Å². The lowest BCUT2D eigenvalue weighted by Crippen LogP contribution is -2.13. The Balaban J connectivity index is 4.32. The lowest BCUT2D eigenvalue weighted by atomic mass is 10.1. The van der Waals surface area contributed by atoms with E-state index in [2.05, 4.69) is 27.7 Å². The zero-order chi connectivity index (χ0) is 22.9. The minimum atomic E-state index is -0.683. The maximum atomic E-state index is 2.38. The topological polar surface area (TPSA) is 0 Å². The van der Waals surface area contributed by atoms with Crippen molar-refractivity contribution < 1.29 is 0 Å². The normalized spacial score (nSPS) is 12.0. The van der Waals surface area contributed by atoms with Crippen molar-refractivity contribution in [1.29, 1.82) is 0 Å². The molecule has 0 heterocycles. The Kier molecular flexibility index (Phi) is 25.4. The minimum absolute atomic E-state index is 0.683. The predicted octanol–water partition coefficient (Wildman–Crippen LogP) is 11.7. The number of hydrogen-bond acceptors (Lipinski definition) is 0. The van der Waals surface area contributed by atoms with Crippen LogP contribution >= 0.6 is 7.26 Å². The van der Waals surface area contributed by atoms with Crippen LogP contribution in [0.15, 0.2) is 0 Å². The third-order valence-corrected chi connectivity index (χ3v) is 12.5. The van der Waals surface area contributed by atoms with Gasteiger partial charge in [-0.2, -0.15) is 0 Å². The highest BCUT2D eigenvalue weighted by Gasteiger charge is 2.34. The first kappa shape index (κ1) is 31.4. The molecule has 0 aliphatic rings. The number of unbranched alkanes of at least 4 members (excludes halogenated alkanes) is 18. The molecular weight excluding hydrogens is 391 g/mol. The SMILES string of the molecule is CCCCCCCCCCCCC[P+](CCCCC)(CCCCCC)CCCCCC. The summed E-state index contributed by atoms with van der Waals surface area (Å²) in [4.78, 5) is 0. The Bertz CT molecular complexity index is 312. The molecule has 0 unspecified atom stereocenters. The maximum absolute atomic E-state index is 2.38. The summed E-state index contributed by atoms with van der Waals surface area (Å²) in [5.41, 5.74) is 0. The van der Waals surface area contributed by atoms with E-state index in [4.69, 9.17) is 0 Å². The lowest BCUT2D eigenvalue weighted by molar-refractivity contribution is 0.554. The molecule has 0 aliphatic carbocycles. The Morgan fingerprint density at radius 3 is 0.774 bits per heavy atom. The molecular formula is C30H64P+. The number of rotatable bonds is 26. The van der Waals surface area contributed by atoms with Gasteiger partial charge in [-0.3, -0.25) is 0 Å². The van der Waals surface area contributed by atoms with Crippen molar-refractivity contribution in [3.8, 4) is 0 Å². The maximum Gasteiger partial charge on any atom is 0.0594 e. The molecule has 0 nitrogen and oxygen atoms in total. The van der Waals surface area contributed by atoms with Crippen molar-refractivity contribution >= 4 is 7.26 Å². The van der Waals surface area contributed by atoms with Crippen LogP contribution in [0.25, 0.3) is 0 Å². The van der Waals surface area contributed by atoms with Gasteiger partial charge in [-0.15, -0.1) is 0 Å². The van der Waals surface area contributed by atoms with Gasteiger partial charge in [-0.1, -0.05) is 124 Å². The molecule has 0 radical (unpaired) electrons. The largest absolute Gasteiger partial charge is 0.0654 e. The Morgan fingerprint density at radius 1 is 0.258 bits per heavy atom. The van der Waals surface area contributed by atoms with Crippen molar-refractivity contribution in [1.82, 2.24) is 0 Å². The summed E-state index contributed by atoms with van der Waals surface area (Å²) in [7, 11) is -0.683. The van der Waals surface area contributed by atoms with Gasteiger partial charge in [0.1, 0.15) is 0 Å². The van der Waals surface area contributed by atoms with Crippen LogP contribution in [0.3, 0.4) is 0 Å². The molecule has 0 bridgehead atoms. The first-order valence-corrected chi connectivity index (χ1v) is 17.6. The molecule has 0 amide bonds. The van der Waals surface area contributed by atoms with Crippen LogP contribution in [0.1, 0.15) is 169 Å². The van der Waals surface area contributed by atoms with Gasteiger partial charge in [0.2, 0.25) is 0 Å². The third-order valence-electron chi connectivity index (χ3n) is 7.44. The van der Waals surface area contributed by atoms with Crippen molar-refractivity contribution in [3.63, 3.8) is 0 Å². The average molecular weight is 456 g/mol. The van der Waals surface area contributed by atoms with Crippen molar-refractivity contribution in [2.45, 2.75) is 169 Å². The fourth-order valence-electron chi connectivity index (χ4n) is 5.23. The summed E-state index contributed by atoms with van der Waals surface area (Å²) in [5.74, 6) is 0. The van der Waals surface area contributed by atoms with Crippen LogP contribution in [0.5, 0.6) is 0 Å². The van der Waals surface area contributed by atoms with Crippen molar-refractivity contribution in [2.24, 2.45) is 0 Å². The number of hydrogen-bond donors (Lipinski definition) is 0. The van der Waals surface area contributed by atoms with Crippen LogP contribution in [-0.4, -0.2) is 24.6 Å². The monoisotopic (exact) mass is 455 g/mol. The molecule has 0 N–H and O–H groups in total. The smallest absolute Gasteiger partial charge is 0.0594 e. The summed E-state index contributed by atoms with van der Waals surface area (Å²) < 4.78 is 0. The van der Waals surface area contributed by atoms with E-state index in [1.807, 2.05) is 0 Å². The van der Waals surface area contributed by atoms with E-state index in [0.717, 1.165) is 0 Å². The Labute approximate surface area is 200 Å². The quantitative estimate of drug-likeness (QED) is 0.0898. The zero-order valence-corrected chi connectivity index (χ0v) is 23.7. The van der Waals surface area contributed by atoms with Gasteiger partial charge < -0.3 is 0 Å². The Morgan fingerprint density at radius 2 is 0.452 bits per heavy atom. The molecule has 31 heavy (non-hydrogen) atoms. The van der Waals surface area contributed by atoms with E-state index in [1.54, 1.807) is 43.9 Å². The summed E-state index contributed by atoms with van der Waals surface area (Å²) in [6, 6.07) is 0. The van der Waals surface area contributed by atoms with Crippen molar-refractivity contribution in [3.05, 3.63) is 0 Å². The lowest BCUT2D eigenvalue weighted by Gasteiger charge is -2.28. The van der Waals surface area contributed by atoms with Gasteiger partial charge in [-0.25, -0.2) is 0 Å². The molecule has 0 aliphatic heterocycles. The molecule has 0 aromatic carbocycles. The molecule has 0 fully saturated rings. The van der Waals surface area contributed by atoms with Crippen LogP contribution in [-0.2, 0) is 0 Å². The highest BCUT2D eigenvalue weighted by atomic mass is 31.2. The second-order valence-corrected chi connectivity index (χ2v) is 15.1. The highest BCUT2D eigenvalue weighted by Crippen LogP contribution is 2.61. The van der Waals surface area contributed by atoms with Gasteiger partial charge in [-0.05, 0) is 44.9 Å². The van der Waals surface area contributed by atoms with E-state index >= 15 is 0 Å². The molecule has 0 atom stereocenters. The molecule has 1 heteroatoms. The summed E-state index contributed by atoms with van der Waals surface area (Å²) in [6.07, 6.45) is 39.1. The molecule has 0 saturated heterocycles. The fraction of sp³-hybridized carbons (Fsp3) is 1.00. The molecule has 0 aromatic rings. The Hall–Kier alpha value is 0.430. The van der Waals surface area contributed by atoms with E-state index < -0.39 is 7.26 Å². The second-order valence-electron chi connectivity index (χ2n) is 10.6. The summed E-state index contributed by atoms with van der Waals surface area (Å²) in [5, 5.41) is 0. The molecule has 0 saturated carbocycles. The molecule has 0 aromatic heterocycles. The predicted molar refractivity (Wildman–Crippen MR) is 151 cm³/mol. The van der Waals surface area contributed by atoms with Gasteiger partial charge in [0.05, 0.1) is 24.6 Å². The summed E-state index contributed by atoms with van der Waals surface area (Å²) >= 11 is 0. The van der Waals surface area contributed by atoms with E-state index in [-0.39, 0.29) is 0 Å². The van der Waals surface area contributed by atoms with Gasteiger partial charge in [0.25, 0.3) is 0 Å². The molecule has 0 spiro atoms. The average Bonchev–Trinajstić information content (AvgIpc) is 2.78. The minimum Gasteiger partial charge on any atom is -0.0654 e. The summed E-state index contributed by atoms with van der Waals surface area (Å²) in [6.45, 7) is 9.42. The van der Waals surface area contributed by atoms with Crippen LogP contribution in [0.2, 0.25) is 0 Å². The van der Waals surface area contributed by atoms with Gasteiger partial charge in [0, 0.05) is 7.26 Å². The standard InChI is InChI=1S/C30H64P/c1-5-9-13-16-17-18-19-20-21-22-26-30-31(27-23-12-8-4,28-24-14-10-6-2)29-25-15-11-7-3/h5-30H2,1-4H3/q+1. The molecule has 188 valence electrons. The van der Waals surface area contributed by atoms with Gasteiger partial charge in [0.15, 0.2) is 0 Å². The second kappa shape index (κ2) is 25.1. The first-order chi connectivity index (χ1) is 15.2. The fourth-order valence-corrected chi connectivity index (χ4v) is 10.1. The highest BCUT2D eigenvalue weighted by molar-refractivity contribution is 7.75. The zero-order valence-electron chi connectivity index (χ0n) is 22.8. The van der Waals surface area contributed by atoms with Crippen LogP contribution < -0.4 is 0 Å². The third kappa shape index (κ3) is 20.7. The van der Waals surface area contributed by atoms with Crippen molar-refractivity contribution in [2.75, 3.05) is 24.6 Å². The van der Waals surface area contributed by atoms with E-state index in [9.17, 15) is 0 Å². The van der Waals surface area contributed by atoms with Crippen LogP contribution in [0.4, 0.5) is 0 Å². The molecule has 0 rings (SSSR count). The van der Waals surface area contributed by atoms with E-state index in [0.29, 0.717) is 0 Å². The first-order valence-electron chi connectivity index (χ1n) is 15.1.